The van der Waals surface area contributed by atoms with Crippen molar-refractivity contribution in [2.45, 2.75) is 18.8 Å². The summed E-state index contributed by atoms with van der Waals surface area (Å²) in [6.07, 6.45) is 2.28. The summed E-state index contributed by atoms with van der Waals surface area (Å²) in [5.74, 6) is -0.337. The Morgan fingerprint density at radius 2 is 2.12 bits per heavy atom. The van der Waals surface area contributed by atoms with Crippen molar-refractivity contribution in [3.63, 3.8) is 0 Å². The molecule has 0 saturated carbocycles. The molecular formula is C13H14N2OS. The third-order valence-electron chi connectivity index (χ3n) is 2.85. The number of rotatable bonds is 4. The van der Waals surface area contributed by atoms with Crippen molar-refractivity contribution in [3.8, 4) is 0 Å². The number of benzene rings is 1. The van der Waals surface area contributed by atoms with Gasteiger partial charge in [0.2, 0.25) is 5.91 Å². The van der Waals surface area contributed by atoms with E-state index in [1.807, 2.05) is 42.6 Å². The summed E-state index contributed by atoms with van der Waals surface area (Å²) in [6.45, 7) is 1.85. The summed E-state index contributed by atoms with van der Waals surface area (Å²) in [5.41, 5.74) is 5.90. The molecule has 0 radical (unpaired) electrons. The van der Waals surface area contributed by atoms with Crippen molar-refractivity contribution >= 4 is 17.2 Å². The zero-order valence-electron chi connectivity index (χ0n) is 9.59. The van der Waals surface area contributed by atoms with Crippen LogP contribution in [0.25, 0.3) is 0 Å². The van der Waals surface area contributed by atoms with Crippen molar-refractivity contribution in [1.82, 2.24) is 4.98 Å². The molecule has 1 heterocycles. The quantitative estimate of drug-likeness (QED) is 0.898. The molecule has 2 aromatic rings. The van der Waals surface area contributed by atoms with Gasteiger partial charge >= 0.3 is 0 Å². The van der Waals surface area contributed by atoms with Gasteiger partial charge in [0.25, 0.3) is 0 Å². The standard InChI is InChI=1S/C13H14N2OS/c1-13(11(14)16,12-15-7-8-17-12)9-10-5-3-2-4-6-10/h2-8H,9H2,1H3,(H2,14,16). The minimum atomic E-state index is -0.727. The molecule has 1 atom stereocenters. The van der Waals surface area contributed by atoms with Crippen molar-refractivity contribution < 1.29 is 4.79 Å². The van der Waals surface area contributed by atoms with Gasteiger partial charge in [-0.1, -0.05) is 30.3 Å². The molecule has 17 heavy (non-hydrogen) atoms. The molecule has 2 N–H and O–H groups in total. The maximum atomic E-state index is 11.7. The predicted octanol–water partition coefficient (Wildman–Crippen LogP) is 2.13. The van der Waals surface area contributed by atoms with Gasteiger partial charge in [-0.15, -0.1) is 11.3 Å². The van der Waals surface area contributed by atoms with Crippen LogP contribution in [0.3, 0.4) is 0 Å². The van der Waals surface area contributed by atoms with Crippen LogP contribution in [0.15, 0.2) is 41.9 Å². The van der Waals surface area contributed by atoms with E-state index >= 15 is 0 Å². The third-order valence-corrected chi connectivity index (χ3v) is 3.89. The van der Waals surface area contributed by atoms with E-state index in [1.54, 1.807) is 6.20 Å². The van der Waals surface area contributed by atoms with Crippen LogP contribution >= 0.6 is 11.3 Å². The van der Waals surface area contributed by atoms with Crippen LogP contribution in [0.1, 0.15) is 17.5 Å². The SMILES string of the molecule is CC(Cc1ccccc1)(C(N)=O)c1nccs1. The first-order valence-corrected chi connectivity index (χ1v) is 6.25. The number of carbonyl (C=O) groups excluding carboxylic acids is 1. The van der Waals surface area contributed by atoms with E-state index in [0.29, 0.717) is 6.42 Å². The molecule has 0 aliphatic heterocycles. The number of amides is 1. The average Bonchev–Trinajstić information content (AvgIpc) is 2.84. The minimum absolute atomic E-state index is 0.337. The molecule has 0 fully saturated rings. The van der Waals surface area contributed by atoms with Crippen LogP contribution in [0.2, 0.25) is 0 Å². The van der Waals surface area contributed by atoms with Crippen LogP contribution in [0.4, 0.5) is 0 Å². The number of nitrogens with two attached hydrogens (primary N) is 1. The van der Waals surface area contributed by atoms with Crippen molar-refractivity contribution in [1.29, 1.82) is 0 Å². The lowest BCUT2D eigenvalue weighted by atomic mass is 9.83. The summed E-state index contributed by atoms with van der Waals surface area (Å²) in [7, 11) is 0. The second-order valence-corrected chi connectivity index (χ2v) is 5.09. The van der Waals surface area contributed by atoms with Crippen molar-refractivity contribution in [3.05, 3.63) is 52.5 Å². The maximum Gasteiger partial charge on any atom is 0.230 e. The van der Waals surface area contributed by atoms with E-state index in [2.05, 4.69) is 4.98 Å². The molecule has 4 heteroatoms. The molecule has 2 rings (SSSR count). The molecule has 1 amide bonds. The number of aromatic nitrogens is 1. The Balaban J connectivity index is 2.34. The Kier molecular flexibility index (Phi) is 3.24. The molecule has 0 spiro atoms. The Bertz CT molecular complexity index is 495. The van der Waals surface area contributed by atoms with Gasteiger partial charge in [-0.25, -0.2) is 4.98 Å². The maximum absolute atomic E-state index is 11.7. The van der Waals surface area contributed by atoms with E-state index < -0.39 is 5.41 Å². The highest BCUT2D eigenvalue weighted by molar-refractivity contribution is 7.09. The number of hydrogen-bond acceptors (Lipinski definition) is 3. The van der Waals surface area contributed by atoms with Crippen molar-refractivity contribution in [2.24, 2.45) is 5.73 Å². The fraction of sp³-hybridized carbons (Fsp3) is 0.231. The predicted molar refractivity (Wildman–Crippen MR) is 68.8 cm³/mol. The molecule has 0 bridgehead atoms. The molecule has 0 aliphatic carbocycles. The van der Waals surface area contributed by atoms with Crippen LogP contribution in [-0.4, -0.2) is 10.9 Å². The lowest BCUT2D eigenvalue weighted by molar-refractivity contribution is -0.123. The minimum Gasteiger partial charge on any atom is -0.369 e. The number of thiazole rings is 1. The first kappa shape index (κ1) is 11.8. The zero-order chi connectivity index (χ0) is 12.3. The van der Waals surface area contributed by atoms with Crippen molar-refractivity contribution in [2.75, 3.05) is 0 Å². The molecule has 1 unspecified atom stereocenters. The number of nitrogens with zero attached hydrogens (tertiary/aromatic N) is 1. The topological polar surface area (TPSA) is 56.0 Å². The molecule has 0 saturated heterocycles. The largest absolute Gasteiger partial charge is 0.369 e. The Morgan fingerprint density at radius 3 is 2.65 bits per heavy atom. The van der Waals surface area contributed by atoms with E-state index in [0.717, 1.165) is 10.6 Å². The first-order chi connectivity index (χ1) is 8.13. The van der Waals surface area contributed by atoms with E-state index in [9.17, 15) is 4.79 Å². The van der Waals surface area contributed by atoms with E-state index in [4.69, 9.17) is 5.73 Å². The summed E-state index contributed by atoms with van der Waals surface area (Å²) in [4.78, 5) is 15.9. The monoisotopic (exact) mass is 246 g/mol. The van der Waals surface area contributed by atoms with Crippen LogP contribution in [0, 0.1) is 0 Å². The fourth-order valence-corrected chi connectivity index (χ4v) is 2.57. The van der Waals surface area contributed by atoms with Crippen LogP contribution in [-0.2, 0) is 16.6 Å². The molecule has 3 nitrogen and oxygen atoms in total. The molecule has 1 aromatic heterocycles. The smallest absolute Gasteiger partial charge is 0.230 e. The number of carbonyl (C=O) groups is 1. The van der Waals surface area contributed by atoms with Gasteiger partial charge in [0.15, 0.2) is 0 Å². The highest BCUT2D eigenvalue weighted by Gasteiger charge is 2.35. The first-order valence-electron chi connectivity index (χ1n) is 5.37. The Hall–Kier alpha value is -1.68. The average molecular weight is 246 g/mol. The lowest BCUT2D eigenvalue weighted by Crippen LogP contribution is -2.40. The van der Waals surface area contributed by atoms with Crippen LogP contribution in [0.5, 0.6) is 0 Å². The second-order valence-electron chi connectivity index (χ2n) is 4.20. The van der Waals surface area contributed by atoms with Gasteiger partial charge in [-0.05, 0) is 18.9 Å². The van der Waals surface area contributed by atoms with Gasteiger partial charge in [0, 0.05) is 11.6 Å². The number of hydrogen-bond donors (Lipinski definition) is 1. The summed E-state index contributed by atoms with van der Waals surface area (Å²) >= 11 is 1.47. The highest BCUT2D eigenvalue weighted by Crippen LogP contribution is 2.29. The summed E-state index contributed by atoms with van der Waals surface area (Å²) < 4.78 is 0. The van der Waals surface area contributed by atoms with Crippen LogP contribution < -0.4 is 5.73 Å². The Morgan fingerprint density at radius 1 is 1.41 bits per heavy atom. The molecular weight excluding hydrogens is 232 g/mol. The normalized spacial score (nSPS) is 14.2. The Labute approximate surface area is 104 Å². The molecule has 88 valence electrons. The third kappa shape index (κ3) is 2.36. The van der Waals surface area contributed by atoms with E-state index in [-0.39, 0.29) is 5.91 Å². The van der Waals surface area contributed by atoms with Gasteiger partial charge in [0.05, 0.1) is 0 Å². The summed E-state index contributed by atoms with van der Waals surface area (Å²) in [6, 6.07) is 9.86. The van der Waals surface area contributed by atoms with Gasteiger partial charge < -0.3 is 5.73 Å². The highest BCUT2D eigenvalue weighted by atomic mass is 32.1. The number of primary amides is 1. The fourth-order valence-electron chi connectivity index (χ4n) is 1.77. The van der Waals surface area contributed by atoms with E-state index in [1.165, 1.54) is 11.3 Å². The lowest BCUT2D eigenvalue weighted by Gasteiger charge is -2.23. The zero-order valence-corrected chi connectivity index (χ0v) is 10.4. The summed E-state index contributed by atoms with van der Waals surface area (Å²) in [5, 5.41) is 2.63. The van der Waals surface area contributed by atoms with Gasteiger partial charge in [0.1, 0.15) is 10.4 Å². The van der Waals surface area contributed by atoms with Gasteiger partial charge in [-0.3, -0.25) is 4.79 Å². The molecule has 0 aliphatic rings. The second kappa shape index (κ2) is 4.67. The molecule has 1 aromatic carbocycles. The van der Waals surface area contributed by atoms with Gasteiger partial charge in [-0.2, -0.15) is 0 Å².